The van der Waals surface area contributed by atoms with Gasteiger partial charge >= 0.3 is 11.9 Å². The second kappa shape index (κ2) is 50.0. The molecule has 58 heavy (non-hydrogen) atoms. The smallest absolute Gasteiger partial charge is 0.306 e. The fraction of sp³-hybridized carbons (Fsp3) is 0.925. The van der Waals surface area contributed by atoms with E-state index in [-0.39, 0.29) is 18.5 Å². The molecule has 0 aliphatic carbocycles. The van der Waals surface area contributed by atoms with Crippen LogP contribution in [-0.2, 0) is 23.8 Å². The molecule has 0 spiro atoms. The predicted octanol–water partition coefficient (Wildman–Crippen LogP) is 17.5. The molecule has 0 unspecified atom stereocenters. The summed E-state index contributed by atoms with van der Waals surface area (Å²) >= 11 is 0. The maximum atomic E-state index is 12.8. The first-order valence-corrected chi connectivity index (χ1v) is 26.2. The second-order valence-electron chi connectivity index (χ2n) is 17.8. The summed E-state index contributed by atoms with van der Waals surface area (Å²) in [5, 5.41) is 0. The Hall–Kier alpha value is -1.36. The summed E-state index contributed by atoms with van der Waals surface area (Å²) in [6.07, 6.45) is 56.4. The highest BCUT2D eigenvalue weighted by Crippen LogP contribution is 2.16. The van der Waals surface area contributed by atoms with Crippen LogP contribution in [0.25, 0.3) is 0 Å². The maximum Gasteiger partial charge on any atom is 0.306 e. The number of unbranched alkanes of at least 4 members (excludes halogenated alkanes) is 36. The van der Waals surface area contributed by atoms with E-state index < -0.39 is 6.10 Å². The molecule has 0 heterocycles. The van der Waals surface area contributed by atoms with Crippen molar-refractivity contribution in [2.24, 2.45) is 0 Å². The summed E-state index contributed by atoms with van der Waals surface area (Å²) in [4.78, 5) is 25.3. The van der Waals surface area contributed by atoms with Gasteiger partial charge in [0.05, 0.1) is 6.61 Å². The number of hydrogen-bond donors (Lipinski definition) is 0. The molecule has 0 radical (unpaired) electrons. The lowest BCUT2D eigenvalue weighted by molar-refractivity contribution is -0.163. The Kier molecular flexibility index (Phi) is 48.8. The molecule has 0 N–H and O–H groups in total. The fourth-order valence-electron chi connectivity index (χ4n) is 7.86. The zero-order chi connectivity index (χ0) is 42.1. The number of carbonyl (C=O) groups excluding carboxylic acids is 2. The van der Waals surface area contributed by atoms with Crippen LogP contribution < -0.4 is 0 Å². The third-order valence-corrected chi connectivity index (χ3v) is 11.8. The van der Waals surface area contributed by atoms with E-state index in [0.29, 0.717) is 26.1 Å². The minimum Gasteiger partial charge on any atom is -0.462 e. The highest BCUT2D eigenvalue weighted by Gasteiger charge is 2.17. The molecule has 0 saturated heterocycles. The highest BCUT2D eigenvalue weighted by molar-refractivity contribution is 5.70. The van der Waals surface area contributed by atoms with Crippen LogP contribution in [0.5, 0.6) is 0 Å². The number of hydrogen-bond acceptors (Lipinski definition) is 5. The van der Waals surface area contributed by atoms with Crippen LogP contribution in [0.1, 0.15) is 290 Å². The SMILES string of the molecule is CCCCCCCC/C=C\CCCCCCCC(=O)O[C@H](COCCCCCCCCCCCCCCCCCC)COC(=O)CCCCCCCCCCCCC. The average Bonchev–Trinajstić information content (AvgIpc) is 3.22. The molecule has 0 aromatic rings. The van der Waals surface area contributed by atoms with Gasteiger partial charge in [0.25, 0.3) is 0 Å². The fourth-order valence-corrected chi connectivity index (χ4v) is 7.86. The minimum absolute atomic E-state index is 0.0912. The summed E-state index contributed by atoms with van der Waals surface area (Å²) in [6, 6.07) is 0. The van der Waals surface area contributed by atoms with E-state index in [9.17, 15) is 9.59 Å². The molecule has 0 rings (SSSR count). The lowest BCUT2D eigenvalue weighted by Gasteiger charge is -2.18. The predicted molar refractivity (Wildman–Crippen MR) is 252 cm³/mol. The van der Waals surface area contributed by atoms with Crippen molar-refractivity contribution in [2.75, 3.05) is 19.8 Å². The number of carbonyl (C=O) groups is 2. The lowest BCUT2D eigenvalue weighted by atomic mass is 10.0. The number of esters is 2. The zero-order valence-corrected chi connectivity index (χ0v) is 39.6. The Balaban J connectivity index is 4.20. The molecule has 0 aliphatic heterocycles. The monoisotopic (exact) mass is 819 g/mol. The standard InChI is InChI=1S/C53H102O5/c1-4-7-10-13-16-19-22-24-26-28-30-33-36-39-42-45-48-56-49-51(50-57-52(54)46-43-40-37-34-31-21-18-15-12-9-6-3)58-53(55)47-44-41-38-35-32-29-27-25-23-20-17-14-11-8-5-2/h25,27,51H,4-24,26,28-50H2,1-3H3/b27-25-/t51-/m1/s1. The largest absolute Gasteiger partial charge is 0.462 e. The van der Waals surface area contributed by atoms with Crippen molar-refractivity contribution in [2.45, 2.75) is 297 Å². The first kappa shape index (κ1) is 56.6. The first-order valence-electron chi connectivity index (χ1n) is 26.2. The van der Waals surface area contributed by atoms with Crippen LogP contribution in [0, 0.1) is 0 Å². The van der Waals surface area contributed by atoms with Crippen LogP contribution >= 0.6 is 0 Å². The van der Waals surface area contributed by atoms with Crippen LogP contribution in [0.2, 0.25) is 0 Å². The van der Waals surface area contributed by atoms with Crippen LogP contribution in [0.3, 0.4) is 0 Å². The van der Waals surface area contributed by atoms with E-state index in [1.807, 2.05) is 0 Å². The van der Waals surface area contributed by atoms with Gasteiger partial charge in [-0.3, -0.25) is 9.59 Å². The Bertz CT molecular complexity index is 840. The lowest BCUT2D eigenvalue weighted by Crippen LogP contribution is -2.30. The molecular weight excluding hydrogens is 717 g/mol. The topological polar surface area (TPSA) is 61.8 Å². The van der Waals surface area contributed by atoms with E-state index >= 15 is 0 Å². The van der Waals surface area contributed by atoms with Gasteiger partial charge in [0.15, 0.2) is 6.10 Å². The van der Waals surface area contributed by atoms with Gasteiger partial charge in [-0.15, -0.1) is 0 Å². The Morgan fingerprint density at radius 2 is 0.672 bits per heavy atom. The number of ether oxygens (including phenoxy) is 3. The van der Waals surface area contributed by atoms with E-state index in [0.717, 1.165) is 44.9 Å². The van der Waals surface area contributed by atoms with Gasteiger partial charge in [-0.2, -0.15) is 0 Å². The summed E-state index contributed by atoms with van der Waals surface area (Å²) in [6.45, 7) is 7.87. The third-order valence-electron chi connectivity index (χ3n) is 11.8. The highest BCUT2D eigenvalue weighted by atomic mass is 16.6. The molecule has 0 bridgehead atoms. The first-order chi connectivity index (χ1) is 28.6. The van der Waals surface area contributed by atoms with Gasteiger partial charge in [0.1, 0.15) is 6.61 Å². The van der Waals surface area contributed by atoms with Crippen LogP contribution in [-0.4, -0.2) is 37.9 Å². The molecule has 5 nitrogen and oxygen atoms in total. The Morgan fingerprint density at radius 3 is 1.05 bits per heavy atom. The van der Waals surface area contributed by atoms with Crippen molar-refractivity contribution in [3.8, 4) is 0 Å². The molecule has 0 saturated carbocycles. The van der Waals surface area contributed by atoms with Gasteiger partial charge in [0, 0.05) is 19.4 Å². The van der Waals surface area contributed by atoms with Gasteiger partial charge in [-0.25, -0.2) is 0 Å². The molecular formula is C53H102O5. The van der Waals surface area contributed by atoms with Crippen molar-refractivity contribution >= 4 is 11.9 Å². The van der Waals surface area contributed by atoms with Crippen molar-refractivity contribution < 1.29 is 23.8 Å². The van der Waals surface area contributed by atoms with Gasteiger partial charge < -0.3 is 14.2 Å². The van der Waals surface area contributed by atoms with Gasteiger partial charge in [0.2, 0.25) is 0 Å². The normalized spacial score (nSPS) is 12.1. The molecule has 0 aromatic heterocycles. The van der Waals surface area contributed by atoms with Gasteiger partial charge in [-0.1, -0.05) is 245 Å². The van der Waals surface area contributed by atoms with Crippen molar-refractivity contribution in [3.05, 3.63) is 12.2 Å². The molecule has 1 atom stereocenters. The van der Waals surface area contributed by atoms with Crippen LogP contribution in [0.4, 0.5) is 0 Å². The third kappa shape index (κ3) is 47.3. The molecule has 344 valence electrons. The maximum absolute atomic E-state index is 12.8. The number of allylic oxidation sites excluding steroid dienone is 2. The second-order valence-corrected chi connectivity index (χ2v) is 17.8. The number of rotatable bonds is 49. The summed E-state index contributed by atoms with van der Waals surface area (Å²) in [5.74, 6) is -0.387. The van der Waals surface area contributed by atoms with E-state index in [2.05, 4.69) is 32.9 Å². The van der Waals surface area contributed by atoms with Crippen molar-refractivity contribution in [1.29, 1.82) is 0 Å². The minimum atomic E-state index is -0.530. The van der Waals surface area contributed by atoms with Crippen molar-refractivity contribution in [1.82, 2.24) is 0 Å². The molecule has 0 amide bonds. The van der Waals surface area contributed by atoms with E-state index in [1.165, 1.54) is 212 Å². The summed E-state index contributed by atoms with van der Waals surface area (Å²) < 4.78 is 17.4. The Labute approximate surface area is 363 Å². The molecule has 0 aliphatic rings. The average molecular weight is 819 g/mol. The molecule has 5 heteroatoms. The summed E-state index contributed by atoms with van der Waals surface area (Å²) in [7, 11) is 0. The van der Waals surface area contributed by atoms with Crippen LogP contribution in [0.15, 0.2) is 12.2 Å². The summed E-state index contributed by atoms with van der Waals surface area (Å²) in [5.41, 5.74) is 0. The Morgan fingerprint density at radius 1 is 0.362 bits per heavy atom. The zero-order valence-electron chi connectivity index (χ0n) is 39.6. The van der Waals surface area contributed by atoms with E-state index in [4.69, 9.17) is 14.2 Å². The molecule has 0 aromatic carbocycles. The van der Waals surface area contributed by atoms with Crippen molar-refractivity contribution in [3.63, 3.8) is 0 Å². The van der Waals surface area contributed by atoms with E-state index in [1.54, 1.807) is 0 Å². The quantitative estimate of drug-likeness (QED) is 0.0348. The molecule has 0 fully saturated rings. The van der Waals surface area contributed by atoms with Gasteiger partial charge in [-0.05, 0) is 44.9 Å².